The van der Waals surface area contributed by atoms with Crippen molar-refractivity contribution in [2.45, 2.75) is 23.8 Å². The van der Waals surface area contributed by atoms with Gasteiger partial charge in [0.2, 0.25) is 10.0 Å². The highest BCUT2D eigenvalue weighted by Crippen LogP contribution is 2.23. The predicted octanol–water partition coefficient (Wildman–Crippen LogP) is 1.01. The van der Waals surface area contributed by atoms with E-state index in [1.165, 1.54) is 0 Å². The van der Waals surface area contributed by atoms with Gasteiger partial charge in [-0.05, 0) is 31.0 Å². The third-order valence-corrected chi connectivity index (χ3v) is 4.42. The van der Waals surface area contributed by atoms with E-state index in [2.05, 4.69) is 9.71 Å². The van der Waals surface area contributed by atoms with Crippen LogP contribution in [0.25, 0.3) is 11.0 Å². The van der Waals surface area contributed by atoms with Crippen LogP contribution in [0.3, 0.4) is 0 Å². The number of sulfonamides is 1. The summed E-state index contributed by atoms with van der Waals surface area (Å²) in [5.41, 5.74) is 1.63. The van der Waals surface area contributed by atoms with Crippen LogP contribution in [0.4, 0.5) is 0 Å². The second-order valence-electron chi connectivity index (χ2n) is 4.40. The Morgan fingerprint density at radius 3 is 2.88 bits per heavy atom. The van der Waals surface area contributed by atoms with Crippen molar-refractivity contribution in [1.82, 2.24) is 14.3 Å². The number of benzene rings is 1. The van der Waals surface area contributed by atoms with Crippen LogP contribution < -0.4 is 4.72 Å². The molecule has 0 amide bonds. The summed E-state index contributed by atoms with van der Waals surface area (Å²) in [6.07, 6.45) is 3.55. The monoisotopic (exact) mass is 251 g/mol. The number of hydrogen-bond donors (Lipinski definition) is 1. The lowest BCUT2D eigenvalue weighted by atomic mass is 10.3. The van der Waals surface area contributed by atoms with Gasteiger partial charge in [-0.2, -0.15) is 0 Å². The molecule has 0 radical (unpaired) electrons. The van der Waals surface area contributed by atoms with E-state index in [0.29, 0.717) is 5.52 Å². The number of aromatic nitrogens is 2. The first-order chi connectivity index (χ1) is 8.06. The summed E-state index contributed by atoms with van der Waals surface area (Å²) in [4.78, 5) is 4.45. The van der Waals surface area contributed by atoms with E-state index < -0.39 is 10.0 Å². The summed E-state index contributed by atoms with van der Waals surface area (Å²) in [6.45, 7) is 0. The number of fused-ring (bicyclic) bond motifs is 1. The van der Waals surface area contributed by atoms with Gasteiger partial charge in [0.1, 0.15) is 0 Å². The van der Waals surface area contributed by atoms with Crippen LogP contribution in [0, 0.1) is 0 Å². The molecule has 0 spiro atoms. The van der Waals surface area contributed by atoms with E-state index in [1.807, 2.05) is 11.6 Å². The fourth-order valence-corrected chi connectivity index (χ4v) is 3.10. The number of hydrogen-bond acceptors (Lipinski definition) is 3. The second kappa shape index (κ2) is 3.54. The largest absolute Gasteiger partial charge is 0.334 e. The van der Waals surface area contributed by atoms with Crippen molar-refractivity contribution in [3.8, 4) is 0 Å². The Morgan fingerprint density at radius 2 is 2.18 bits per heavy atom. The van der Waals surface area contributed by atoms with E-state index in [9.17, 15) is 8.42 Å². The van der Waals surface area contributed by atoms with Gasteiger partial charge in [0.15, 0.2) is 0 Å². The Labute approximate surface area is 99.5 Å². The molecule has 2 aromatic rings. The van der Waals surface area contributed by atoms with Gasteiger partial charge >= 0.3 is 0 Å². The third-order valence-electron chi connectivity index (χ3n) is 2.91. The van der Waals surface area contributed by atoms with E-state index in [-0.39, 0.29) is 10.9 Å². The van der Waals surface area contributed by atoms with Gasteiger partial charge in [0.05, 0.1) is 22.3 Å². The lowest BCUT2D eigenvalue weighted by molar-refractivity contribution is 0.581. The highest BCUT2D eigenvalue weighted by atomic mass is 32.2. The lowest BCUT2D eigenvalue weighted by Gasteiger charge is -2.05. The van der Waals surface area contributed by atoms with Gasteiger partial charge in [-0.1, -0.05) is 0 Å². The molecule has 5 nitrogen and oxygen atoms in total. The van der Waals surface area contributed by atoms with Crippen LogP contribution in [-0.4, -0.2) is 24.0 Å². The van der Waals surface area contributed by atoms with Crippen molar-refractivity contribution in [2.75, 3.05) is 0 Å². The van der Waals surface area contributed by atoms with E-state index >= 15 is 0 Å². The molecule has 1 aromatic carbocycles. The molecule has 0 aliphatic heterocycles. The molecule has 0 bridgehead atoms. The first-order valence-electron chi connectivity index (χ1n) is 5.50. The van der Waals surface area contributed by atoms with Crippen LogP contribution in [0.15, 0.2) is 29.4 Å². The Kier molecular flexibility index (Phi) is 2.24. The van der Waals surface area contributed by atoms with E-state index in [0.717, 1.165) is 18.4 Å². The van der Waals surface area contributed by atoms with Crippen LogP contribution in [0.2, 0.25) is 0 Å². The molecule has 1 aliphatic rings. The Bertz CT molecular complexity index is 671. The first-order valence-corrected chi connectivity index (χ1v) is 6.98. The molecular weight excluding hydrogens is 238 g/mol. The first kappa shape index (κ1) is 10.7. The van der Waals surface area contributed by atoms with E-state index in [1.54, 1.807) is 24.5 Å². The average molecular weight is 251 g/mol. The molecule has 1 aliphatic carbocycles. The van der Waals surface area contributed by atoms with E-state index in [4.69, 9.17) is 0 Å². The summed E-state index contributed by atoms with van der Waals surface area (Å²) in [7, 11) is -1.50. The maximum Gasteiger partial charge on any atom is 0.240 e. The second-order valence-corrected chi connectivity index (χ2v) is 6.12. The molecule has 0 atom stereocenters. The quantitative estimate of drug-likeness (QED) is 0.885. The van der Waals surface area contributed by atoms with Gasteiger partial charge in [-0.15, -0.1) is 0 Å². The molecule has 0 saturated heterocycles. The van der Waals surface area contributed by atoms with Crippen molar-refractivity contribution in [2.24, 2.45) is 7.05 Å². The number of imidazole rings is 1. The topological polar surface area (TPSA) is 64.0 Å². The fraction of sp³-hybridized carbons (Fsp3) is 0.364. The molecule has 1 N–H and O–H groups in total. The van der Waals surface area contributed by atoms with Crippen LogP contribution in [0.1, 0.15) is 12.8 Å². The van der Waals surface area contributed by atoms with Gasteiger partial charge < -0.3 is 4.57 Å². The summed E-state index contributed by atoms with van der Waals surface area (Å²) in [5.74, 6) is 0. The van der Waals surface area contributed by atoms with Crippen molar-refractivity contribution in [3.63, 3.8) is 0 Å². The molecule has 6 heteroatoms. The average Bonchev–Trinajstić information content (AvgIpc) is 3.01. The normalized spacial score (nSPS) is 16.5. The summed E-state index contributed by atoms with van der Waals surface area (Å²) in [5, 5.41) is 0. The predicted molar refractivity (Wildman–Crippen MR) is 64.1 cm³/mol. The molecule has 1 heterocycles. The minimum atomic E-state index is -3.38. The molecule has 3 rings (SSSR count). The zero-order valence-corrected chi connectivity index (χ0v) is 10.2. The molecular formula is C11H13N3O2S. The molecule has 1 fully saturated rings. The summed E-state index contributed by atoms with van der Waals surface area (Å²) in [6, 6.07) is 5.14. The number of nitrogens with one attached hydrogen (secondary N) is 1. The Hall–Kier alpha value is -1.40. The molecule has 90 valence electrons. The van der Waals surface area contributed by atoms with Crippen LogP contribution in [0.5, 0.6) is 0 Å². The lowest BCUT2D eigenvalue weighted by Crippen LogP contribution is -2.25. The van der Waals surface area contributed by atoms with Crippen molar-refractivity contribution in [1.29, 1.82) is 0 Å². The summed E-state index contributed by atoms with van der Waals surface area (Å²) >= 11 is 0. The zero-order chi connectivity index (χ0) is 12.0. The van der Waals surface area contributed by atoms with Crippen molar-refractivity contribution < 1.29 is 8.42 Å². The molecule has 17 heavy (non-hydrogen) atoms. The zero-order valence-electron chi connectivity index (χ0n) is 9.42. The third kappa shape index (κ3) is 1.94. The van der Waals surface area contributed by atoms with Gasteiger partial charge in [0, 0.05) is 13.1 Å². The maximum atomic E-state index is 12.0. The minimum Gasteiger partial charge on any atom is -0.334 e. The van der Waals surface area contributed by atoms with Crippen LogP contribution >= 0.6 is 0 Å². The van der Waals surface area contributed by atoms with Gasteiger partial charge in [0.25, 0.3) is 0 Å². The Morgan fingerprint density at radius 1 is 1.41 bits per heavy atom. The van der Waals surface area contributed by atoms with Gasteiger partial charge in [-0.3, -0.25) is 0 Å². The standard InChI is InChI=1S/C11H13N3O2S/c1-14-7-12-10-6-9(4-5-11(10)14)17(15,16)13-8-2-3-8/h4-8,13H,2-3H2,1H3. The maximum absolute atomic E-state index is 12.0. The minimum absolute atomic E-state index is 0.124. The number of nitrogens with zero attached hydrogens (tertiary/aromatic N) is 2. The fourth-order valence-electron chi connectivity index (χ4n) is 1.77. The molecule has 1 aromatic heterocycles. The SMILES string of the molecule is Cn1cnc2cc(S(=O)(=O)NC3CC3)ccc21. The number of rotatable bonds is 3. The highest BCUT2D eigenvalue weighted by molar-refractivity contribution is 7.89. The van der Waals surface area contributed by atoms with Crippen LogP contribution in [-0.2, 0) is 17.1 Å². The van der Waals surface area contributed by atoms with Crippen molar-refractivity contribution >= 4 is 21.1 Å². The highest BCUT2D eigenvalue weighted by Gasteiger charge is 2.28. The smallest absolute Gasteiger partial charge is 0.240 e. The Balaban J connectivity index is 2.04. The molecule has 1 saturated carbocycles. The number of aryl methyl sites for hydroxylation is 1. The summed E-state index contributed by atoms with van der Waals surface area (Å²) < 4.78 is 28.5. The molecule has 0 unspecified atom stereocenters. The van der Waals surface area contributed by atoms with Gasteiger partial charge in [-0.25, -0.2) is 18.1 Å². The van der Waals surface area contributed by atoms with Crippen molar-refractivity contribution in [3.05, 3.63) is 24.5 Å².